The summed E-state index contributed by atoms with van der Waals surface area (Å²) in [6.07, 6.45) is 0.0103. The molecule has 0 aromatic heterocycles. The number of carboxylic acids is 2. The fourth-order valence-corrected chi connectivity index (χ4v) is 5.19. The molecule has 0 saturated heterocycles. The monoisotopic (exact) mass is 686 g/mol. The Kier molecular flexibility index (Phi) is 15.6. The van der Waals surface area contributed by atoms with Crippen molar-refractivity contribution in [1.82, 2.24) is 10.6 Å². The van der Waals surface area contributed by atoms with E-state index >= 15 is 0 Å². The van der Waals surface area contributed by atoms with Crippen molar-refractivity contribution in [1.29, 1.82) is 0 Å². The van der Waals surface area contributed by atoms with Crippen molar-refractivity contribution >= 4 is 45.3 Å². The Hall–Kier alpha value is -4.85. The van der Waals surface area contributed by atoms with Gasteiger partial charge in [-0.1, -0.05) is 80.6 Å². The van der Waals surface area contributed by atoms with E-state index in [1.807, 2.05) is 0 Å². The molecule has 2 rings (SSSR count). The van der Waals surface area contributed by atoms with Crippen molar-refractivity contribution in [3.8, 4) is 0 Å². The standard InChI is InChI=1S/C34H42N2O11S/c1-22(2)27(34(44)35-26(14-15-29(38)39)16-17-48(3,45)46)20-28(37)32(24-12-8-5-9-13-24)36-33(43)25(18-30(40)41)19-31(42)47-21-23-10-6-4-7-11-23/h4-13,16-17,22,25-27,32H,14-15,18-21H2,1-3H3,(H,35,44)(H,36,43)(H,38,39)(H,40,41)/b17-16+/t25-,26+,27+,32+/m1/s1. The van der Waals surface area contributed by atoms with Gasteiger partial charge in [-0.2, -0.15) is 0 Å². The van der Waals surface area contributed by atoms with Gasteiger partial charge < -0.3 is 25.6 Å². The van der Waals surface area contributed by atoms with Gasteiger partial charge in [0.2, 0.25) is 11.8 Å². The van der Waals surface area contributed by atoms with Crippen LogP contribution in [0.3, 0.4) is 0 Å². The number of amides is 2. The number of nitrogens with one attached hydrogen (secondary N) is 2. The van der Waals surface area contributed by atoms with E-state index in [0.717, 1.165) is 11.7 Å². The van der Waals surface area contributed by atoms with Gasteiger partial charge in [-0.05, 0) is 23.5 Å². The molecule has 48 heavy (non-hydrogen) atoms. The lowest BCUT2D eigenvalue weighted by Crippen LogP contribution is -2.43. The second kappa shape index (κ2) is 19.1. The number of benzene rings is 2. The third-order valence-electron chi connectivity index (χ3n) is 7.31. The molecule has 0 radical (unpaired) electrons. The molecular weight excluding hydrogens is 644 g/mol. The molecule has 14 heteroatoms. The Morgan fingerprint density at radius 1 is 0.812 bits per heavy atom. The van der Waals surface area contributed by atoms with Gasteiger partial charge in [0.1, 0.15) is 12.6 Å². The van der Waals surface area contributed by atoms with Crippen molar-refractivity contribution in [3.63, 3.8) is 0 Å². The van der Waals surface area contributed by atoms with Crippen molar-refractivity contribution in [2.75, 3.05) is 6.26 Å². The van der Waals surface area contributed by atoms with Crippen molar-refractivity contribution < 1.29 is 52.1 Å². The summed E-state index contributed by atoms with van der Waals surface area (Å²) in [7, 11) is -3.58. The van der Waals surface area contributed by atoms with Crippen molar-refractivity contribution in [2.45, 2.75) is 64.6 Å². The minimum Gasteiger partial charge on any atom is -0.481 e. The third kappa shape index (κ3) is 14.7. The molecule has 0 spiro atoms. The zero-order valence-electron chi connectivity index (χ0n) is 27.0. The Labute approximate surface area is 279 Å². The van der Waals surface area contributed by atoms with Gasteiger partial charge in [-0.15, -0.1) is 0 Å². The first kappa shape index (κ1) is 39.3. The molecule has 2 aromatic rings. The lowest BCUT2D eigenvalue weighted by molar-refractivity contribution is -0.150. The molecule has 0 fully saturated rings. The molecule has 2 amide bonds. The van der Waals surface area contributed by atoms with E-state index < -0.39 is 88.0 Å². The molecule has 260 valence electrons. The van der Waals surface area contributed by atoms with Gasteiger partial charge in [-0.3, -0.25) is 28.8 Å². The SMILES string of the molecule is CC(C)[C@H](CC(=O)[C@@H](NC(=O)[C@H](CC(=O)O)CC(=O)OCc1ccccc1)c1ccccc1)C(=O)N[C@H](/C=C/S(C)(=O)=O)CCC(=O)O. The molecule has 0 bridgehead atoms. The predicted octanol–water partition coefficient (Wildman–Crippen LogP) is 3.21. The largest absolute Gasteiger partial charge is 0.481 e. The summed E-state index contributed by atoms with van der Waals surface area (Å²) in [5, 5.41) is 24.6. The molecule has 0 saturated carbocycles. The van der Waals surface area contributed by atoms with Crippen LogP contribution in [0.1, 0.15) is 63.1 Å². The smallest absolute Gasteiger partial charge is 0.306 e. The summed E-state index contributed by atoms with van der Waals surface area (Å²) in [5.41, 5.74) is 1.05. The van der Waals surface area contributed by atoms with Gasteiger partial charge in [-0.25, -0.2) is 8.42 Å². The van der Waals surface area contributed by atoms with Gasteiger partial charge in [0, 0.05) is 36.5 Å². The molecule has 4 atom stereocenters. The average Bonchev–Trinajstić information content (AvgIpc) is 3.02. The lowest BCUT2D eigenvalue weighted by atomic mass is 9.86. The number of carbonyl (C=O) groups excluding carboxylic acids is 4. The lowest BCUT2D eigenvalue weighted by Gasteiger charge is -2.26. The van der Waals surface area contributed by atoms with E-state index in [2.05, 4.69) is 10.6 Å². The molecule has 0 unspecified atom stereocenters. The van der Waals surface area contributed by atoms with Crippen molar-refractivity contribution in [3.05, 3.63) is 83.3 Å². The first-order chi connectivity index (χ1) is 22.6. The molecule has 4 N–H and O–H groups in total. The first-order valence-corrected chi connectivity index (χ1v) is 17.2. The highest BCUT2D eigenvalue weighted by Crippen LogP contribution is 2.24. The molecule has 0 heterocycles. The number of ether oxygens (including phenoxy) is 1. The summed E-state index contributed by atoms with van der Waals surface area (Å²) in [5.74, 6) is -8.14. The maximum Gasteiger partial charge on any atom is 0.306 e. The maximum atomic E-state index is 13.8. The fourth-order valence-electron chi connectivity index (χ4n) is 4.71. The average molecular weight is 687 g/mol. The fraction of sp³-hybridized carbons (Fsp3) is 0.412. The van der Waals surface area contributed by atoms with Gasteiger partial charge in [0.05, 0.1) is 18.8 Å². The van der Waals surface area contributed by atoms with Crippen molar-refractivity contribution in [2.24, 2.45) is 17.8 Å². The van der Waals surface area contributed by atoms with Gasteiger partial charge in [0.15, 0.2) is 15.6 Å². The number of hydrogen-bond donors (Lipinski definition) is 4. The predicted molar refractivity (Wildman–Crippen MR) is 175 cm³/mol. The second-order valence-electron chi connectivity index (χ2n) is 11.7. The molecule has 0 aliphatic carbocycles. The summed E-state index contributed by atoms with van der Waals surface area (Å²) >= 11 is 0. The highest BCUT2D eigenvalue weighted by molar-refractivity contribution is 7.93. The Bertz CT molecular complexity index is 1560. The van der Waals surface area contributed by atoms with E-state index in [1.165, 1.54) is 6.08 Å². The molecule has 2 aromatic carbocycles. The van der Waals surface area contributed by atoms with Crippen LogP contribution in [0, 0.1) is 17.8 Å². The summed E-state index contributed by atoms with van der Waals surface area (Å²) in [6.45, 7) is 3.30. The van der Waals surface area contributed by atoms with Crippen LogP contribution < -0.4 is 10.6 Å². The molecular formula is C34H42N2O11S. The minimum absolute atomic E-state index is 0.0773. The van der Waals surface area contributed by atoms with Crippen LogP contribution >= 0.6 is 0 Å². The number of rotatable bonds is 20. The number of aliphatic carboxylic acids is 2. The Morgan fingerprint density at radius 2 is 1.42 bits per heavy atom. The number of esters is 1. The van der Waals surface area contributed by atoms with E-state index in [9.17, 15) is 42.3 Å². The number of Topliss-reactive ketones (excluding diaryl/α,β-unsaturated/α-hetero) is 1. The van der Waals surface area contributed by atoms with Gasteiger partial charge in [0.25, 0.3) is 0 Å². The minimum atomic E-state index is -3.58. The Balaban J connectivity index is 2.27. The van der Waals surface area contributed by atoms with Crippen LogP contribution in [-0.4, -0.2) is 66.4 Å². The van der Waals surface area contributed by atoms with Crippen LogP contribution in [0.25, 0.3) is 0 Å². The summed E-state index contributed by atoms with van der Waals surface area (Å²) in [6, 6.07) is 14.6. The highest BCUT2D eigenvalue weighted by Gasteiger charge is 2.34. The number of ketones is 1. The first-order valence-electron chi connectivity index (χ1n) is 15.3. The summed E-state index contributed by atoms with van der Waals surface area (Å²) in [4.78, 5) is 76.0. The summed E-state index contributed by atoms with van der Waals surface area (Å²) < 4.78 is 28.5. The number of carboxylic acid groups (broad SMARTS) is 2. The van der Waals surface area contributed by atoms with E-state index in [0.29, 0.717) is 11.1 Å². The van der Waals surface area contributed by atoms with E-state index in [1.54, 1.807) is 74.5 Å². The quantitative estimate of drug-likeness (QED) is 0.149. The topological polar surface area (TPSA) is 210 Å². The normalized spacial score (nSPS) is 14.0. The zero-order valence-corrected chi connectivity index (χ0v) is 27.9. The zero-order chi connectivity index (χ0) is 35.9. The number of sulfone groups is 1. The van der Waals surface area contributed by atoms with E-state index in [-0.39, 0.29) is 25.9 Å². The maximum absolute atomic E-state index is 13.8. The number of carbonyl (C=O) groups is 6. The molecule has 13 nitrogen and oxygen atoms in total. The van der Waals surface area contributed by atoms with Crippen LogP contribution in [-0.2, 0) is 49.9 Å². The molecule has 0 aliphatic heterocycles. The Morgan fingerprint density at radius 3 is 1.96 bits per heavy atom. The van der Waals surface area contributed by atoms with Crippen LogP contribution in [0.2, 0.25) is 0 Å². The number of hydrogen-bond acceptors (Lipinski definition) is 9. The third-order valence-corrected chi connectivity index (χ3v) is 7.96. The van der Waals surface area contributed by atoms with Crippen LogP contribution in [0.5, 0.6) is 0 Å². The molecule has 0 aliphatic rings. The van der Waals surface area contributed by atoms with E-state index in [4.69, 9.17) is 9.84 Å². The van der Waals surface area contributed by atoms with Crippen LogP contribution in [0.4, 0.5) is 0 Å². The highest BCUT2D eigenvalue weighted by atomic mass is 32.2. The second-order valence-corrected chi connectivity index (χ2v) is 13.7. The van der Waals surface area contributed by atoms with Gasteiger partial charge >= 0.3 is 17.9 Å². The van der Waals surface area contributed by atoms with Crippen LogP contribution in [0.15, 0.2) is 72.1 Å².